The standard InChI is InChI=1S/C12H14FIN2/c13-8-5-12-11(6-9(8)14)15-4-3-10(16-12)7-1-2-7/h5-7,10,15-16H,1-4H2. The molecule has 1 aromatic carbocycles. The maximum absolute atomic E-state index is 13.5. The number of hydrogen-bond donors (Lipinski definition) is 2. The van der Waals surface area contributed by atoms with Crippen molar-refractivity contribution in [2.45, 2.75) is 25.3 Å². The van der Waals surface area contributed by atoms with Crippen LogP contribution in [0.2, 0.25) is 0 Å². The first-order valence-electron chi connectivity index (χ1n) is 5.73. The van der Waals surface area contributed by atoms with E-state index < -0.39 is 0 Å². The van der Waals surface area contributed by atoms with Gasteiger partial charge in [0.2, 0.25) is 0 Å². The van der Waals surface area contributed by atoms with Crippen molar-refractivity contribution in [3.05, 3.63) is 21.5 Å². The zero-order valence-electron chi connectivity index (χ0n) is 8.89. The summed E-state index contributed by atoms with van der Waals surface area (Å²) in [5, 5.41) is 6.86. The molecule has 2 nitrogen and oxygen atoms in total. The summed E-state index contributed by atoms with van der Waals surface area (Å²) < 4.78 is 14.2. The molecule has 1 aromatic rings. The summed E-state index contributed by atoms with van der Waals surface area (Å²) in [6, 6.07) is 4.02. The number of hydrogen-bond acceptors (Lipinski definition) is 2. The highest BCUT2D eigenvalue weighted by Crippen LogP contribution is 2.38. The summed E-state index contributed by atoms with van der Waals surface area (Å²) >= 11 is 2.03. The SMILES string of the molecule is Fc1cc2c(cc1I)NCCC(C1CC1)N2. The van der Waals surface area contributed by atoms with Gasteiger partial charge in [-0.2, -0.15) is 0 Å². The average molecular weight is 332 g/mol. The van der Waals surface area contributed by atoms with Gasteiger partial charge in [-0.25, -0.2) is 4.39 Å². The lowest BCUT2D eigenvalue weighted by Crippen LogP contribution is -2.21. The molecule has 0 bridgehead atoms. The van der Waals surface area contributed by atoms with Crippen LogP contribution in [-0.2, 0) is 0 Å². The van der Waals surface area contributed by atoms with Crippen molar-refractivity contribution in [2.24, 2.45) is 5.92 Å². The molecular weight excluding hydrogens is 318 g/mol. The predicted molar refractivity (Wildman–Crippen MR) is 72.4 cm³/mol. The van der Waals surface area contributed by atoms with Crippen molar-refractivity contribution < 1.29 is 4.39 Å². The Morgan fingerprint density at radius 1 is 1.19 bits per heavy atom. The molecule has 2 aliphatic rings. The Balaban J connectivity index is 1.92. The van der Waals surface area contributed by atoms with Gasteiger partial charge in [-0.05, 0) is 53.8 Å². The lowest BCUT2D eigenvalue weighted by atomic mass is 10.1. The second-order valence-corrected chi connectivity index (χ2v) is 5.78. The van der Waals surface area contributed by atoms with Crippen LogP contribution in [0, 0.1) is 15.3 Å². The summed E-state index contributed by atoms with van der Waals surface area (Å²) in [6.07, 6.45) is 3.76. The van der Waals surface area contributed by atoms with Crippen LogP contribution >= 0.6 is 22.6 Å². The van der Waals surface area contributed by atoms with Gasteiger partial charge in [0.15, 0.2) is 0 Å². The number of anilines is 2. The van der Waals surface area contributed by atoms with Gasteiger partial charge in [-0.15, -0.1) is 0 Å². The Kier molecular flexibility index (Phi) is 2.69. The molecule has 0 saturated heterocycles. The molecule has 16 heavy (non-hydrogen) atoms. The molecule has 3 rings (SSSR count). The molecule has 2 N–H and O–H groups in total. The zero-order valence-corrected chi connectivity index (χ0v) is 11.1. The van der Waals surface area contributed by atoms with Crippen LogP contribution < -0.4 is 10.6 Å². The van der Waals surface area contributed by atoms with Gasteiger partial charge in [0.25, 0.3) is 0 Å². The number of halogens is 2. The zero-order chi connectivity index (χ0) is 11.1. The minimum atomic E-state index is -0.134. The fourth-order valence-electron chi connectivity index (χ4n) is 2.30. The van der Waals surface area contributed by atoms with E-state index in [9.17, 15) is 4.39 Å². The molecule has 1 unspecified atom stereocenters. The fraction of sp³-hybridized carbons (Fsp3) is 0.500. The van der Waals surface area contributed by atoms with Crippen molar-refractivity contribution in [2.75, 3.05) is 17.2 Å². The summed E-state index contributed by atoms with van der Waals surface area (Å²) in [6.45, 7) is 0.975. The summed E-state index contributed by atoms with van der Waals surface area (Å²) in [5.41, 5.74) is 1.96. The monoisotopic (exact) mass is 332 g/mol. The van der Waals surface area contributed by atoms with Crippen LogP contribution in [0.3, 0.4) is 0 Å². The van der Waals surface area contributed by atoms with Crippen molar-refractivity contribution in [3.63, 3.8) is 0 Å². The Bertz CT molecular complexity index is 418. The van der Waals surface area contributed by atoms with E-state index in [1.807, 2.05) is 28.7 Å². The molecule has 1 saturated carbocycles. The first-order valence-corrected chi connectivity index (χ1v) is 6.81. The van der Waals surface area contributed by atoms with Crippen LogP contribution in [0.4, 0.5) is 15.8 Å². The van der Waals surface area contributed by atoms with Crippen LogP contribution in [0.1, 0.15) is 19.3 Å². The lowest BCUT2D eigenvalue weighted by Gasteiger charge is -2.16. The van der Waals surface area contributed by atoms with E-state index in [-0.39, 0.29) is 5.82 Å². The van der Waals surface area contributed by atoms with Gasteiger partial charge in [-0.1, -0.05) is 0 Å². The molecular formula is C12H14FIN2. The largest absolute Gasteiger partial charge is 0.383 e. The van der Waals surface area contributed by atoms with Gasteiger partial charge >= 0.3 is 0 Å². The van der Waals surface area contributed by atoms with Crippen molar-refractivity contribution in [1.82, 2.24) is 0 Å². The van der Waals surface area contributed by atoms with Crippen molar-refractivity contribution in [1.29, 1.82) is 0 Å². The molecule has 86 valence electrons. The van der Waals surface area contributed by atoms with Crippen LogP contribution in [-0.4, -0.2) is 12.6 Å². The Hall–Kier alpha value is -0.520. The van der Waals surface area contributed by atoms with E-state index in [1.54, 1.807) is 6.07 Å². The molecule has 0 spiro atoms. The molecule has 1 atom stereocenters. The molecule has 4 heteroatoms. The fourth-order valence-corrected chi connectivity index (χ4v) is 2.77. The van der Waals surface area contributed by atoms with E-state index in [2.05, 4.69) is 10.6 Å². The van der Waals surface area contributed by atoms with E-state index in [0.717, 1.165) is 30.3 Å². The van der Waals surface area contributed by atoms with Crippen molar-refractivity contribution >= 4 is 34.0 Å². The quantitative estimate of drug-likeness (QED) is 0.770. The molecule has 1 aliphatic carbocycles. The maximum atomic E-state index is 13.5. The van der Waals surface area contributed by atoms with Gasteiger partial charge in [0, 0.05) is 18.7 Å². The highest BCUT2D eigenvalue weighted by atomic mass is 127. The number of rotatable bonds is 1. The van der Waals surface area contributed by atoms with Crippen LogP contribution in [0.15, 0.2) is 12.1 Å². The number of nitrogens with one attached hydrogen (secondary N) is 2. The second-order valence-electron chi connectivity index (χ2n) is 4.62. The van der Waals surface area contributed by atoms with Gasteiger partial charge in [-0.3, -0.25) is 0 Å². The summed E-state index contributed by atoms with van der Waals surface area (Å²) in [4.78, 5) is 0. The molecule has 0 aromatic heterocycles. The third kappa shape index (κ3) is 1.99. The second kappa shape index (κ2) is 4.05. The van der Waals surface area contributed by atoms with Crippen LogP contribution in [0.25, 0.3) is 0 Å². The molecule has 1 heterocycles. The van der Waals surface area contributed by atoms with E-state index in [0.29, 0.717) is 9.61 Å². The average Bonchev–Trinajstić information content (AvgIpc) is 3.04. The Labute approximate surface area is 108 Å². The molecule has 0 amide bonds. The Morgan fingerprint density at radius 3 is 2.75 bits per heavy atom. The van der Waals surface area contributed by atoms with Crippen molar-refractivity contribution in [3.8, 4) is 0 Å². The van der Waals surface area contributed by atoms with E-state index in [1.165, 1.54) is 12.8 Å². The van der Waals surface area contributed by atoms with Gasteiger partial charge < -0.3 is 10.6 Å². The maximum Gasteiger partial charge on any atom is 0.138 e. The summed E-state index contributed by atoms with van der Waals surface area (Å²) in [7, 11) is 0. The lowest BCUT2D eigenvalue weighted by molar-refractivity contribution is 0.605. The predicted octanol–water partition coefficient (Wildman–Crippen LogP) is 3.44. The first kappa shape index (κ1) is 10.6. The number of fused-ring (bicyclic) bond motifs is 1. The highest BCUT2D eigenvalue weighted by Gasteiger charge is 2.32. The van der Waals surface area contributed by atoms with Crippen LogP contribution in [0.5, 0.6) is 0 Å². The number of benzene rings is 1. The summed E-state index contributed by atoms with van der Waals surface area (Å²) in [5.74, 6) is 0.667. The minimum absolute atomic E-state index is 0.134. The third-order valence-corrected chi connectivity index (χ3v) is 4.19. The molecule has 1 aliphatic heterocycles. The molecule has 0 radical (unpaired) electrons. The van der Waals surface area contributed by atoms with E-state index in [4.69, 9.17) is 0 Å². The topological polar surface area (TPSA) is 24.1 Å². The van der Waals surface area contributed by atoms with E-state index >= 15 is 0 Å². The third-order valence-electron chi connectivity index (χ3n) is 3.36. The minimum Gasteiger partial charge on any atom is -0.383 e. The molecule has 1 fully saturated rings. The van der Waals surface area contributed by atoms with Gasteiger partial charge in [0.1, 0.15) is 5.82 Å². The highest BCUT2D eigenvalue weighted by molar-refractivity contribution is 14.1. The van der Waals surface area contributed by atoms with Gasteiger partial charge in [0.05, 0.1) is 14.9 Å². The normalized spacial score (nSPS) is 24.0. The Morgan fingerprint density at radius 2 is 2.00 bits per heavy atom. The smallest absolute Gasteiger partial charge is 0.138 e. The first-order chi connectivity index (χ1) is 7.74.